The van der Waals surface area contributed by atoms with Crippen molar-refractivity contribution in [2.75, 3.05) is 7.11 Å². The van der Waals surface area contributed by atoms with Gasteiger partial charge in [0, 0.05) is 11.1 Å². The second kappa shape index (κ2) is 5.61. The van der Waals surface area contributed by atoms with Crippen LogP contribution in [-0.4, -0.2) is 23.3 Å². The predicted molar refractivity (Wildman–Crippen MR) is 73.7 cm³/mol. The van der Waals surface area contributed by atoms with Gasteiger partial charge in [-0.25, -0.2) is 4.79 Å². The summed E-state index contributed by atoms with van der Waals surface area (Å²) in [7, 11) is 1.49. The SMILES string of the molecule is CCc1cc(C(O)C(=O)O)c(OC)c(C(C)(C)C)c1. The van der Waals surface area contributed by atoms with Crippen molar-refractivity contribution in [3.63, 3.8) is 0 Å². The van der Waals surface area contributed by atoms with Crippen LogP contribution >= 0.6 is 0 Å². The fraction of sp³-hybridized carbons (Fsp3) is 0.533. The summed E-state index contributed by atoms with van der Waals surface area (Å²) in [6.07, 6.45) is -0.797. The molecule has 4 nitrogen and oxygen atoms in total. The minimum atomic E-state index is -1.57. The third-order valence-electron chi connectivity index (χ3n) is 3.13. The number of methoxy groups -OCH3 is 1. The molecule has 19 heavy (non-hydrogen) atoms. The molecule has 1 aromatic carbocycles. The largest absolute Gasteiger partial charge is 0.496 e. The molecule has 0 radical (unpaired) electrons. The molecule has 0 fully saturated rings. The standard InChI is InChI=1S/C15H22O4/c1-6-9-7-10(12(16)14(17)18)13(19-5)11(8-9)15(2,3)4/h7-8,12,16H,6H2,1-5H3,(H,17,18). The fourth-order valence-electron chi connectivity index (χ4n) is 2.04. The first-order chi connectivity index (χ1) is 8.72. The van der Waals surface area contributed by atoms with Crippen LogP contribution in [-0.2, 0) is 16.6 Å². The molecule has 1 aromatic rings. The fourth-order valence-corrected chi connectivity index (χ4v) is 2.04. The second-order valence-electron chi connectivity index (χ2n) is 5.61. The van der Waals surface area contributed by atoms with Gasteiger partial charge in [-0.3, -0.25) is 0 Å². The van der Waals surface area contributed by atoms with Crippen LogP contribution in [0.1, 0.15) is 50.5 Å². The van der Waals surface area contributed by atoms with Gasteiger partial charge >= 0.3 is 5.97 Å². The van der Waals surface area contributed by atoms with Gasteiger partial charge in [0.25, 0.3) is 0 Å². The monoisotopic (exact) mass is 266 g/mol. The predicted octanol–water partition coefficient (Wildman–Crippen LogP) is 2.67. The maximum Gasteiger partial charge on any atom is 0.337 e. The summed E-state index contributed by atoms with van der Waals surface area (Å²) in [4.78, 5) is 11.0. The Balaban J connectivity index is 3.57. The average molecular weight is 266 g/mol. The van der Waals surface area contributed by atoms with E-state index in [1.165, 1.54) is 7.11 Å². The minimum absolute atomic E-state index is 0.191. The lowest BCUT2D eigenvalue weighted by molar-refractivity contribution is -0.147. The van der Waals surface area contributed by atoms with Crippen LogP contribution < -0.4 is 4.74 Å². The van der Waals surface area contributed by atoms with Crippen molar-refractivity contribution in [3.05, 3.63) is 28.8 Å². The van der Waals surface area contributed by atoms with Crippen molar-refractivity contribution in [2.45, 2.75) is 45.6 Å². The van der Waals surface area contributed by atoms with Gasteiger partial charge in [-0.05, 0) is 23.5 Å². The van der Waals surface area contributed by atoms with Crippen LogP contribution in [0.2, 0.25) is 0 Å². The molecule has 0 heterocycles. The zero-order chi connectivity index (χ0) is 14.8. The highest BCUT2D eigenvalue weighted by atomic mass is 16.5. The number of benzene rings is 1. The lowest BCUT2D eigenvalue weighted by Crippen LogP contribution is -2.18. The van der Waals surface area contributed by atoms with E-state index in [2.05, 4.69) is 0 Å². The van der Waals surface area contributed by atoms with Gasteiger partial charge < -0.3 is 14.9 Å². The molecule has 106 valence electrons. The van der Waals surface area contributed by atoms with Crippen molar-refractivity contribution in [2.24, 2.45) is 0 Å². The lowest BCUT2D eigenvalue weighted by atomic mass is 9.83. The summed E-state index contributed by atoms with van der Waals surface area (Å²) in [5.74, 6) is -0.814. The molecule has 2 N–H and O–H groups in total. The molecule has 1 unspecified atom stereocenters. The molecular formula is C15H22O4. The van der Waals surface area contributed by atoms with Gasteiger partial charge in [-0.2, -0.15) is 0 Å². The summed E-state index contributed by atoms with van der Waals surface area (Å²) in [5, 5.41) is 18.8. The molecule has 1 atom stereocenters. The van der Waals surface area contributed by atoms with E-state index in [-0.39, 0.29) is 5.41 Å². The number of hydrogen-bond donors (Lipinski definition) is 2. The normalized spacial score (nSPS) is 13.2. The minimum Gasteiger partial charge on any atom is -0.496 e. The number of carbonyl (C=O) groups is 1. The highest BCUT2D eigenvalue weighted by Gasteiger charge is 2.27. The van der Waals surface area contributed by atoms with Crippen LogP contribution in [0.15, 0.2) is 12.1 Å². The summed E-state index contributed by atoms with van der Waals surface area (Å²) >= 11 is 0. The number of aryl methyl sites for hydroxylation is 1. The molecule has 0 saturated carbocycles. The van der Waals surface area contributed by atoms with Crippen molar-refractivity contribution >= 4 is 5.97 Å². The molecule has 0 aliphatic carbocycles. The van der Waals surface area contributed by atoms with Gasteiger partial charge in [0.05, 0.1) is 7.11 Å². The highest BCUT2D eigenvalue weighted by Crippen LogP contribution is 2.38. The van der Waals surface area contributed by atoms with Crippen LogP contribution in [0.3, 0.4) is 0 Å². The number of hydrogen-bond acceptors (Lipinski definition) is 3. The molecule has 0 bridgehead atoms. The first kappa shape index (κ1) is 15.5. The summed E-state index contributed by atoms with van der Waals surface area (Å²) in [6, 6.07) is 3.71. The number of ether oxygens (including phenoxy) is 1. The van der Waals surface area contributed by atoms with Crippen molar-refractivity contribution in [1.82, 2.24) is 0 Å². The molecule has 0 aliphatic rings. The maximum atomic E-state index is 11.0. The Morgan fingerprint density at radius 1 is 1.37 bits per heavy atom. The van der Waals surface area contributed by atoms with E-state index in [0.29, 0.717) is 11.3 Å². The Morgan fingerprint density at radius 3 is 2.32 bits per heavy atom. The second-order valence-corrected chi connectivity index (χ2v) is 5.61. The van der Waals surface area contributed by atoms with Gasteiger partial charge in [-0.15, -0.1) is 0 Å². The van der Waals surface area contributed by atoms with Gasteiger partial charge in [0.2, 0.25) is 0 Å². The molecule has 0 spiro atoms. The number of aliphatic hydroxyl groups is 1. The quantitative estimate of drug-likeness (QED) is 0.879. The lowest BCUT2D eigenvalue weighted by Gasteiger charge is -2.26. The number of aliphatic hydroxyl groups excluding tert-OH is 1. The van der Waals surface area contributed by atoms with E-state index in [1.54, 1.807) is 6.07 Å². The van der Waals surface area contributed by atoms with E-state index in [1.807, 2.05) is 33.8 Å². The van der Waals surface area contributed by atoms with Gasteiger partial charge in [-0.1, -0.05) is 33.8 Å². The number of carboxylic acids is 1. The average Bonchev–Trinajstić information content (AvgIpc) is 2.34. The number of carboxylic acid groups (broad SMARTS) is 1. The number of aliphatic carboxylic acids is 1. The first-order valence-corrected chi connectivity index (χ1v) is 6.34. The highest BCUT2D eigenvalue weighted by molar-refractivity contribution is 5.76. The van der Waals surface area contributed by atoms with Crippen molar-refractivity contribution in [1.29, 1.82) is 0 Å². The zero-order valence-electron chi connectivity index (χ0n) is 12.2. The molecule has 1 rings (SSSR count). The van der Waals surface area contributed by atoms with Gasteiger partial charge in [0.1, 0.15) is 5.75 Å². The first-order valence-electron chi connectivity index (χ1n) is 6.34. The van der Waals surface area contributed by atoms with E-state index in [0.717, 1.165) is 17.5 Å². The Morgan fingerprint density at radius 2 is 1.95 bits per heavy atom. The molecule has 0 aromatic heterocycles. The van der Waals surface area contributed by atoms with Crippen LogP contribution in [0.5, 0.6) is 5.75 Å². The Kier molecular flexibility index (Phi) is 4.58. The van der Waals surface area contributed by atoms with Crippen LogP contribution in [0.25, 0.3) is 0 Å². The summed E-state index contributed by atoms with van der Waals surface area (Å²) in [6.45, 7) is 8.08. The molecule has 0 amide bonds. The molecule has 4 heteroatoms. The van der Waals surface area contributed by atoms with Crippen LogP contribution in [0, 0.1) is 0 Å². The Bertz CT molecular complexity index is 472. The Hall–Kier alpha value is -1.55. The van der Waals surface area contributed by atoms with E-state index in [4.69, 9.17) is 9.84 Å². The molecular weight excluding hydrogens is 244 g/mol. The third kappa shape index (κ3) is 3.26. The third-order valence-corrected chi connectivity index (χ3v) is 3.13. The van der Waals surface area contributed by atoms with Gasteiger partial charge in [0.15, 0.2) is 6.10 Å². The molecule has 0 saturated heterocycles. The summed E-state index contributed by atoms with van der Waals surface area (Å²) < 4.78 is 5.35. The van der Waals surface area contributed by atoms with E-state index in [9.17, 15) is 9.90 Å². The van der Waals surface area contributed by atoms with E-state index >= 15 is 0 Å². The zero-order valence-corrected chi connectivity index (χ0v) is 12.2. The van der Waals surface area contributed by atoms with Crippen molar-refractivity contribution in [3.8, 4) is 5.75 Å². The molecule has 0 aliphatic heterocycles. The summed E-state index contributed by atoms with van der Waals surface area (Å²) in [5.41, 5.74) is 2.02. The van der Waals surface area contributed by atoms with E-state index < -0.39 is 12.1 Å². The maximum absolute atomic E-state index is 11.0. The smallest absolute Gasteiger partial charge is 0.337 e. The Labute approximate surface area is 114 Å². The topological polar surface area (TPSA) is 66.8 Å². The van der Waals surface area contributed by atoms with Crippen LogP contribution in [0.4, 0.5) is 0 Å². The number of rotatable bonds is 4. The van der Waals surface area contributed by atoms with Crippen molar-refractivity contribution < 1.29 is 19.7 Å².